The Labute approximate surface area is 131 Å². The number of anilines is 1. The van der Waals surface area contributed by atoms with E-state index in [2.05, 4.69) is 0 Å². The molecule has 1 aromatic carbocycles. The molecule has 0 bridgehead atoms. The molecule has 0 aliphatic carbocycles. The fourth-order valence-electron chi connectivity index (χ4n) is 2.12. The van der Waals surface area contributed by atoms with Crippen molar-refractivity contribution in [1.82, 2.24) is 0 Å². The third-order valence-corrected chi connectivity index (χ3v) is 3.33. The van der Waals surface area contributed by atoms with Gasteiger partial charge in [0.25, 0.3) is 0 Å². The van der Waals surface area contributed by atoms with Gasteiger partial charge in [-0.1, -0.05) is 18.2 Å². The highest BCUT2D eigenvalue weighted by Crippen LogP contribution is 2.15. The lowest BCUT2D eigenvalue weighted by Crippen LogP contribution is -2.35. The molecule has 0 saturated heterocycles. The van der Waals surface area contributed by atoms with Gasteiger partial charge >= 0.3 is 5.97 Å². The van der Waals surface area contributed by atoms with Gasteiger partial charge in [0.1, 0.15) is 11.7 Å². The molecule has 0 fully saturated rings. The van der Waals surface area contributed by atoms with Crippen LogP contribution in [0.15, 0.2) is 30.3 Å². The van der Waals surface area contributed by atoms with Crippen LogP contribution in [0.3, 0.4) is 0 Å². The number of carbonyl (C=O) groups is 3. The number of benzene rings is 1. The zero-order valence-corrected chi connectivity index (χ0v) is 13.4. The zero-order valence-electron chi connectivity index (χ0n) is 13.4. The molecule has 1 unspecified atom stereocenters. The highest BCUT2D eigenvalue weighted by Gasteiger charge is 2.28. The summed E-state index contributed by atoms with van der Waals surface area (Å²) in [5.74, 6) is -1.70. The fourth-order valence-corrected chi connectivity index (χ4v) is 2.12. The second-order valence-corrected chi connectivity index (χ2v) is 5.20. The van der Waals surface area contributed by atoms with Crippen molar-refractivity contribution in [2.75, 3.05) is 25.1 Å². The van der Waals surface area contributed by atoms with E-state index in [1.807, 2.05) is 30.3 Å². The average Bonchev–Trinajstić information content (AvgIpc) is 2.48. The van der Waals surface area contributed by atoms with Crippen LogP contribution in [-0.4, -0.2) is 37.7 Å². The third-order valence-electron chi connectivity index (χ3n) is 3.33. The highest BCUT2D eigenvalue weighted by molar-refractivity contribution is 6.01. The Hall–Kier alpha value is -2.17. The van der Waals surface area contributed by atoms with E-state index in [1.54, 1.807) is 18.9 Å². The Kier molecular flexibility index (Phi) is 7.29. The number of ketones is 2. The first-order valence-electron chi connectivity index (χ1n) is 7.40. The first kappa shape index (κ1) is 17.9. The topological polar surface area (TPSA) is 63.7 Å². The van der Waals surface area contributed by atoms with Gasteiger partial charge < -0.3 is 14.4 Å². The van der Waals surface area contributed by atoms with Crippen molar-refractivity contribution >= 4 is 23.2 Å². The van der Waals surface area contributed by atoms with E-state index in [0.29, 0.717) is 0 Å². The van der Waals surface area contributed by atoms with Gasteiger partial charge in [0.05, 0.1) is 13.2 Å². The summed E-state index contributed by atoms with van der Waals surface area (Å²) < 4.78 is 4.96. The van der Waals surface area contributed by atoms with E-state index >= 15 is 0 Å². The van der Waals surface area contributed by atoms with E-state index in [0.717, 1.165) is 5.69 Å². The molecule has 120 valence electrons. The van der Waals surface area contributed by atoms with Crippen molar-refractivity contribution in [3.05, 3.63) is 30.3 Å². The normalized spacial score (nSPS) is 11.6. The molecule has 0 amide bonds. The van der Waals surface area contributed by atoms with Gasteiger partial charge in [-0.25, -0.2) is 0 Å². The SMILES string of the molecule is CCOC(=O)C(CCC(C)=O)C(=O)CN(C)c1ccccc1. The molecule has 1 rings (SSSR count). The number of carbonyl (C=O) groups excluding carboxylic acids is 3. The monoisotopic (exact) mass is 305 g/mol. The lowest BCUT2D eigenvalue weighted by Gasteiger charge is -2.21. The Bertz CT molecular complexity index is 513. The Morgan fingerprint density at radius 1 is 1.18 bits per heavy atom. The summed E-state index contributed by atoms with van der Waals surface area (Å²) >= 11 is 0. The second-order valence-electron chi connectivity index (χ2n) is 5.20. The minimum Gasteiger partial charge on any atom is -0.465 e. The number of rotatable bonds is 9. The van der Waals surface area contributed by atoms with Crippen molar-refractivity contribution in [1.29, 1.82) is 0 Å². The number of nitrogens with zero attached hydrogens (tertiary/aromatic N) is 1. The molecule has 0 aliphatic rings. The molecule has 0 aromatic heterocycles. The van der Waals surface area contributed by atoms with Crippen LogP contribution in [0.2, 0.25) is 0 Å². The molecule has 5 nitrogen and oxygen atoms in total. The van der Waals surface area contributed by atoms with Crippen LogP contribution >= 0.6 is 0 Å². The van der Waals surface area contributed by atoms with Gasteiger partial charge in [0.2, 0.25) is 0 Å². The van der Waals surface area contributed by atoms with E-state index in [9.17, 15) is 14.4 Å². The Morgan fingerprint density at radius 2 is 1.82 bits per heavy atom. The predicted octanol–water partition coefficient (Wildman–Crippen LogP) is 2.24. The lowest BCUT2D eigenvalue weighted by molar-refractivity contribution is -0.151. The van der Waals surface area contributed by atoms with Gasteiger partial charge in [-0.15, -0.1) is 0 Å². The predicted molar refractivity (Wildman–Crippen MR) is 84.8 cm³/mol. The van der Waals surface area contributed by atoms with Crippen molar-refractivity contribution in [2.24, 2.45) is 5.92 Å². The number of Topliss-reactive ketones (excluding diaryl/α,β-unsaturated/α-hetero) is 2. The first-order chi connectivity index (χ1) is 10.5. The molecule has 0 spiro atoms. The van der Waals surface area contributed by atoms with E-state index in [1.165, 1.54) is 6.92 Å². The van der Waals surface area contributed by atoms with Crippen molar-refractivity contribution in [2.45, 2.75) is 26.7 Å². The van der Waals surface area contributed by atoms with Crippen molar-refractivity contribution in [3.8, 4) is 0 Å². The molecule has 0 N–H and O–H groups in total. The molecular weight excluding hydrogens is 282 g/mol. The van der Waals surface area contributed by atoms with Crippen LogP contribution in [0.1, 0.15) is 26.7 Å². The Morgan fingerprint density at radius 3 is 2.36 bits per heavy atom. The van der Waals surface area contributed by atoms with Crippen LogP contribution in [-0.2, 0) is 19.1 Å². The van der Waals surface area contributed by atoms with Gasteiger partial charge in [-0.2, -0.15) is 0 Å². The summed E-state index contributed by atoms with van der Waals surface area (Å²) in [7, 11) is 1.79. The summed E-state index contributed by atoms with van der Waals surface area (Å²) in [6.07, 6.45) is 0.403. The molecule has 0 saturated carbocycles. The van der Waals surface area contributed by atoms with Gasteiger partial charge in [0, 0.05) is 19.2 Å². The summed E-state index contributed by atoms with van der Waals surface area (Å²) in [6, 6.07) is 9.45. The number of para-hydroxylation sites is 1. The van der Waals surface area contributed by atoms with E-state index < -0.39 is 11.9 Å². The summed E-state index contributed by atoms with van der Waals surface area (Å²) in [5, 5.41) is 0. The minimum atomic E-state index is -0.880. The molecule has 22 heavy (non-hydrogen) atoms. The number of likely N-dealkylation sites (N-methyl/N-ethyl adjacent to an activating group) is 1. The first-order valence-corrected chi connectivity index (χ1v) is 7.40. The maximum Gasteiger partial charge on any atom is 0.316 e. The number of ether oxygens (including phenoxy) is 1. The van der Waals surface area contributed by atoms with Gasteiger partial charge in [-0.3, -0.25) is 9.59 Å². The second kappa shape index (κ2) is 8.97. The van der Waals surface area contributed by atoms with Crippen molar-refractivity contribution < 1.29 is 19.1 Å². The smallest absolute Gasteiger partial charge is 0.316 e. The zero-order chi connectivity index (χ0) is 16.5. The van der Waals surface area contributed by atoms with E-state index in [4.69, 9.17) is 4.74 Å². The van der Waals surface area contributed by atoms with Crippen LogP contribution < -0.4 is 4.90 Å². The molecule has 0 radical (unpaired) electrons. The van der Waals surface area contributed by atoms with Gasteiger partial charge in [0.15, 0.2) is 5.78 Å². The fraction of sp³-hybridized carbons (Fsp3) is 0.471. The standard InChI is InChI=1S/C17H23NO4/c1-4-22-17(21)15(11-10-13(2)19)16(20)12-18(3)14-8-6-5-7-9-14/h5-9,15H,4,10-12H2,1-3H3. The van der Waals surface area contributed by atoms with Gasteiger partial charge in [-0.05, 0) is 32.4 Å². The quantitative estimate of drug-likeness (QED) is 0.517. The maximum absolute atomic E-state index is 12.4. The molecule has 0 heterocycles. The summed E-state index contributed by atoms with van der Waals surface area (Å²) in [6.45, 7) is 3.46. The van der Waals surface area contributed by atoms with Crippen LogP contribution in [0.25, 0.3) is 0 Å². The third kappa shape index (κ3) is 5.68. The lowest BCUT2D eigenvalue weighted by atomic mass is 9.96. The van der Waals surface area contributed by atoms with Crippen LogP contribution in [0.4, 0.5) is 5.69 Å². The maximum atomic E-state index is 12.4. The van der Waals surface area contributed by atoms with Crippen molar-refractivity contribution in [3.63, 3.8) is 0 Å². The number of hydrogen-bond acceptors (Lipinski definition) is 5. The molecular formula is C17H23NO4. The minimum absolute atomic E-state index is 0.0430. The van der Waals surface area contributed by atoms with E-state index in [-0.39, 0.29) is 37.6 Å². The number of hydrogen-bond donors (Lipinski definition) is 0. The molecule has 1 atom stereocenters. The highest BCUT2D eigenvalue weighted by atomic mass is 16.5. The summed E-state index contributed by atoms with van der Waals surface area (Å²) in [4.78, 5) is 37.2. The Balaban J connectivity index is 2.73. The molecule has 5 heteroatoms. The average molecular weight is 305 g/mol. The summed E-state index contributed by atoms with van der Waals surface area (Å²) in [5.41, 5.74) is 0.894. The number of esters is 1. The van der Waals surface area contributed by atoms with Crippen LogP contribution in [0.5, 0.6) is 0 Å². The largest absolute Gasteiger partial charge is 0.465 e. The van der Waals surface area contributed by atoms with Crippen LogP contribution in [0, 0.1) is 5.92 Å². The molecule has 0 aliphatic heterocycles. The molecule has 1 aromatic rings.